The third-order valence-corrected chi connectivity index (χ3v) is 3.95. The molecule has 3 aromatic rings. The third kappa shape index (κ3) is 4.60. The SMILES string of the molecule is COc1cc(C)c(NC(=O)Nc2nc(Cc3ccc(F)cc3)no2)cc1C. The molecule has 0 bridgehead atoms. The molecule has 2 amide bonds. The van der Waals surface area contributed by atoms with Crippen molar-refractivity contribution in [3.8, 4) is 5.75 Å². The van der Waals surface area contributed by atoms with Crippen LogP contribution in [0.15, 0.2) is 40.9 Å². The molecule has 1 aromatic heterocycles. The van der Waals surface area contributed by atoms with Crippen molar-refractivity contribution in [3.05, 3.63) is 64.7 Å². The van der Waals surface area contributed by atoms with Crippen molar-refractivity contribution in [3.63, 3.8) is 0 Å². The Morgan fingerprint density at radius 3 is 2.59 bits per heavy atom. The standard InChI is InChI=1S/C19H19FN4O3/c1-11-9-16(26-3)12(2)8-15(11)21-18(25)23-19-22-17(24-27-19)10-13-4-6-14(20)7-5-13/h4-9H,10H2,1-3H3,(H2,21,22,23,24,25). The lowest BCUT2D eigenvalue weighted by Crippen LogP contribution is -2.20. The molecule has 27 heavy (non-hydrogen) atoms. The van der Waals surface area contributed by atoms with E-state index < -0.39 is 6.03 Å². The number of hydrogen-bond acceptors (Lipinski definition) is 5. The zero-order valence-electron chi connectivity index (χ0n) is 15.2. The minimum Gasteiger partial charge on any atom is -0.496 e. The largest absolute Gasteiger partial charge is 0.496 e. The molecule has 2 aromatic carbocycles. The second-order valence-corrected chi connectivity index (χ2v) is 6.03. The third-order valence-electron chi connectivity index (χ3n) is 3.95. The Balaban J connectivity index is 1.62. The molecule has 0 aliphatic rings. The number of halogens is 1. The second-order valence-electron chi connectivity index (χ2n) is 6.03. The number of urea groups is 1. The number of ether oxygens (including phenoxy) is 1. The molecule has 0 spiro atoms. The molecular weight excluding hydrogens is 351 g/mol. The first-order valence-electron chi connectivity index (χ1n) is 8.25. The van der Waals surface area contributed by atoms with Crippen LogP contribution in [0.2, 0.25) is 0 Å². The highest BCUT2D eigenvalue weighted by molar-refractivity contribution is 5.99. The summed E-state index contributed by atoms with van der Waals surface area (Å²) < 4.78 is 23.2. The van der Waals surface area contributed by atoms with Gasteiger partial charge in [-0.3, -0.25) is 5.32 Å². The summed E-state index contributed by atoms with van der Waals surface area (Å²) in [6.07, 6.45) is 0.365. The average molecular weight is 370 g/mol. The van der Waals surface area contributed by atoms with Crippen LogP contribution in [0.4, 0.5) is 20.9 Å². The van der Waals surface area contributed by atoms with Crippen molar-refractivity contribution >= 4 is 17.7 Å². The minimum absolute atomic E-state index is 0.0208. The van der Waals surface area contributed by atoms with Crippen LogP contribution in [-0.4, -0.2) is 23.3 Å². The van der Waals surface area contributed by atoms with Crippen molar-refractivity contribution < 1.29 is 18.4 Å². The quantitative estimate of drug-likeness (QED) is 0.707. The number of hydrogen-bond donors (Lipinski definition) is 2. The highest BCUT2D eigenvalue weighted by Gasteiger charge is 2.12. The maximum Gasteiger partial charge on any atom is 0.329 e. The fourth-order valence-corrected chi connectivity index (χ4v) is 2.56. The number of rotatable bonds is 5. The van der Waals surface area contributed by atoms with E-state index in [1.165, 1.54) is 12.1 Å². The normalized spacial score (nSPS) is 10.5. The highest BCUT2D eigenvalue weighted by Crippen LogP contribution is 2.26. The lowest BCUT2D eigenvalue weighted by Gasteiger charge is -2.12. The van der Waals surface area contributed by atoms with Gasteiger partial charge in [-0.25, -0.2) is 9.18 Å². The monoisotopic (exact) mass is 370 g/mol. The average Bonchev–Trinajstić information content (AvgIpc) is 3.06. The Morgan fingerprint density at radius 2 is 1.89 bits per heavy atom. The summed E-state index contributed by atoms with van der Waals surface area (Å²) in [5.74, 6) is 0.823. The molecule has 7 nitrogen and oxygen atoms in total. The van der Waals surface area contributed by atoms with Crippen LogP contribution in [0.5, 0.6) is 5.75 Å². The fourth-order valence-electron chi connectivity index (χ4n) is 2.56. The van der Waals surface area contributed by atoms with Gasteiger partial charge in [-0.05, 0) is 54.8 Å². The van der Waals surface area contributed by atoms with E-state index in [0.29, 0.717) is 17.9 Å². The molecule has 8 heteroatoms. The number of anilines is 2. The Hall–Kier alpha value is -3.42. The van der Waals surface area contributed by atoms with Crippen LogP contribution in [0.3, 0.4) is 0 Å². The van der Waals surface area contributed by atoms with Gasteiger partial charge in [0.05, 0.1) is 7.11 Å². The predicted octanol–water partition coefficient (Wildman–Crippen LogP) is 4.07. The van der Waals surface area contributed by atoms with Gasteiger partial charge in [-0.2, -0.15) is 4.98 Å². The van der Waals surface area contributed by atoms with E-state index in [2.05, 4.69) is 20.8 Å². The van der Waals surface area contributed by atoms with Crippen LogP contribution < -0.4 is 15.4 Å². The van der Waals surface area contributed by atoms with Crippen molar-refractivity contribution in [2.24, 2.45) is 0 Å². The van der Waals surface area contributed by atoms with E-state index in [-0.39, 0.29) is 11.8 Å². The number of carbonyl (C=O) groups is 1. The summed E-state index contributed by atoms with van der Waals surface area (Å²) in [6, 6.07) is 9.15. The van der Waals surface area contributed by atoms with Crippen molar-refractivity contribution in [2.75, 3.05) is 17.7 Å². The van der Waals surface area contributed by atoms with E-state index in [9.17, 15) is 9.18 Å². The van der Waals surface area contributed by atoms with Gasteiger partial charge in [0.1, 0.15) is 11.6 Å². The fraction of sp³-hybridized carbons (Fsp3) is 0.211. The molecule has 0 saturated carbocycles. The second kappa shape index (κ2) is 7.86. The molecule has 3 rings (SSSR count). The van der Waals surface area contributed by atoms with Crippen LogP contribution in [0.25, 0.3) is 0 Å². The number of aryl methyl sites for hydroxylation is 2. The number of nitrogens with zero attached hydrogens (tertiary/aromatic N) is 2. The summed E-state index contributed by atoms with van der Waals surface area (Å²) in [5.41, 5.74) is 3.24. The summed E-state index contributed by atoms with van der Waals surface area (Å²) >= 11 is 0. The van der Waals surface area contributed by atoms with Crippen LogP contribution in [0.1, 0.15) is 22.5 Å². The van der Waals surface area contributed by atoms with Crippen molar-refractivity contribution in [1.29, 1.82) is 0 Å². The van der Waals surface area contributed by atoms with Gasteiger partial charge in [-0.15, -0.1) is 0 Å². The van der Waals surface area contributed by atoms with Crippen LogP contribution in [0, 0.1) is 19.7 Å². The van der Waals surface area contributed by atoms with Gasteiger partial charge < -0.3 is 14.6 Å². The first kappa shape index (κ1) is 18.4. The molecule has 0 saturated heterocycles. The molecule has 0 aliphatic heterocycles. The van der Waals surface area contributed by atoms with Gasteiger partial charge in [0.2, 0.25) is 0 Å². The predicted molar refractivity (Wildman–Crippen MR) is 98.6 cm³/mol. The van der Waals surface area contributed by atoms with E-state index in [4.69, 9.17) is 9.26 Å². The topological polar surface area (TPSA) is 89.3 Å². The zero-order chi connectivity index (χ0) is 19.4. The first-order valence-corrected chi connectivity index (χ1v) is 8.25. The Morgan fingerprint density at radius 1 is 1.15 bits per heavy atom. The summed E-state index contributed by atoms with van der Waals surface area (Å²) in [7, 11) is 1.60. The van der Waals surface area contributed by atoms with E-state index in [1.807, 2.05) is 26.0 Å². The van der Waals surface area contributed by atoms with Crippen LogP contribution in [-0.2, 0) is 6.42 Å². The zero-order valence-corrected chi connectivity index (χ0v) is 15.2. The van der Waals surface area contributed by atoms with E-state index in [1.54, 1.807) is 19.2 Å². The van der Waals surface area contributed by atoms with E-state index in [0.717, 1.165) is 22.4 Å². The van der Waals surface area contributed by atoms with E-state index >= 15 is 0 Å². The minimum atomic E-state index is -0.500. The van der Waals surface area contributed by atoms with Crippen molar-refractivity contribution in [2.45, 2.75) is 20.3 Å². The molecule has 0 atom stereocenters. The molecular formula is C19H19FN4O3. The molecule has 140 valence electrons. The smallest absolute Gasteiger partial charge is 0.329 e. The molecule has 0 fully saturated rings. The summed E-state index contributed by atoms with van der Waals surface area (Å²) in [4.78, 5) is 16.3. The number of aromatic nitrogens is 2. The first-order chi connectivity index (χ1) is 12.9. The Labute approximate surface area is 155 Å². The maximum absolute atomic E-state index is 12.9. The molecule has 2 N–H and O–H groups in total. The molecule has 0 radical (unpaired) electrons. The summed E-state index contributed by atoms with van der Waals surface area (Å²) in [5, 5.41) is 9.05. The molecule has 1 heterocycles. The van der Waals surface area contributed by atoms with Crippen molar-refractivity contribution in [1.82, 2.24) is 10.1 Å². The number of nitrogens with one attached hydrogen (secondary N) is 2. The van der Waals surface area contributed by atoms with Gasteiger partial charge >= 0.3 is 12.0 Å². The van der Waals surface area contributed by atoms with Gasteiger partial charge in [0.25, 0.3) is 0 Å². The summed E-state index contributed by atoms with van der Waals surface area (Å²) in [6.45, 7) is 3.76. The molecule has 0 unspecified atom stereocenters. The highest BCUT2D eigenvalue weighted by atomic mass is 19.1. The lowest BCUT2D eigenvalue weighted by molar-refractivity contribution is 0.261. The van der Waals surface area contributed by atoms with Gasteiger partial charge in [0, 0.05) is 12.1 Å². The number of methoxy groups -OCH3 is 1. The maximum atomic E-state index is 12.9. The number of carbonyl (C=O) groups excluding carboxylic acids is 1. The number of benzene rings is 2. The lowest BCUT2D eigenvalue weighted by atomic mass is 10.1. The van der Waals surface area contributed by atoms with Gasteiger partial charge in [-0.1, -0.05) is 17.3 Å². The Bertz CT molecular complexity index is 954. The van der Waals surface area contributed by atoms with Gasteiger partial charge in [0.15, 0.2) is 5.82 Å². The number of amides is 2. The molecule has 0 aliphatic carbocycles. The Kier molecular flexibility index (Phi) is 5.35. The van der Waals surface area contributed by atoms with Crippen LogP contribution >= 0.6 is 0 Å².